The van der Waals surface area contributed by atoms with Crippen LogP contribution >= 0.6 is 23.7 Å². The van der Waals surface area contributed by atoms with Gasteiger partial charge in [-0.05, 0) is 57.0 Å². The van der Waals surface area contributed by atoms with Crippen molar-refractivity contribution < 1.29 is 19.1 Å². The van der Waals surface area contributed by atoms with Crippen LogP contribution in [0.1, 0.15) is 51.9 Å². The van der Waals surface area contributed by atoms with Crippen molar-refractivity contribution in [3.8, 4) is 5.75 Å². The molecule has 0 unspecified atom stereocenters. The molecule has 1 aromatic heterocycles. The van der Waals surface area contributed by atoms with Gasteiger partial charge in [0.1, 0.15) is 10.8 Å². The Labute approximate surface area is 181 Å². The monoisotopic (exact) mass is 438 g/mol. The molecule has 29 heavy (non-hydrogen) atoms. The van der Waals surface area contributed by atoms with Crippen molar-refractivity contribution in [2.24, 2.45) is 0 Å². The lowest BCUT2D eigenvalue weighted by atomic mass is 10.0. The number of fused-ring (bicyclic) bond motifs is 1. The molecular formula is C21H27ClN2O4S. The molecule has 1 aliphatic heterocycles. The topological polar surface area (TPSA) is 67.9 Å². The van der Waals surface area contributed by atoms with Crippen LogP contribution in [0.2, 0.25) is 0 Å². The summed E-state index contributed by atoms with van der Waals surface area (Å²) < 4.78 is 10.4. The Morgan fingerprint density at radius 1 is 1.24 bits per heavy atom. The molecule has 0 saturated carbocycles. The molecule has 158 valence electrons. The van der Waals surface area contributed by atoms with Crippen LogP contribution in [0.3, 0.4) is 0 Å². The summed E-state index contributed by atoms with van der Waals surface area (Å²) in [5, 5.41) is 3.47. The highest BCUT2D eigenvalue weighted by molar-refractivity contribution is 7.17. The van der Waals surface area contributed by atoms with E-state index in [9.17, 15) is 9.59 Å². The number of methoxy groups -OCH3 is 1. The zero-order valence-electron chi connectivity index (χ0n) is 17.1. The highest BCUT2D eigenvalue weighted by Crippen LogP contribution is 2.38. The lowest BCUT2D eigenvalue weighted by Gasteiger charge is -2.30. The van der Waals surface area contributed by atoms with Crippen molar-refractivity contribution in [3.63, 3.8) is 0 Å². The maximum atomic E-state index is 12.7. The average Bonchev–Trinajstić information content (AvgIpc) is 3.05. The van der Waals surface area contributed by atoms with Gasteiger partial charge in [-0.3, -0.25) is 9.69 Å². The van der Waals surface area contributed by atoms with Crippen LogP contribution in [-0.2, 0) is 17.7 Å². The summed E-state index contributed by atoms with van der Waals surface area (Å²) in [5.41, 5.74) is 2.00. The van der Waals surface area contributed by atoms with Gasteiger partial charge in [0.15, 0.2) is 0 Å². The fourth-order valence-electron chi connectivity index (χ4n) is 3.31. The Hall–Kier alpha value is -2.09. The number of amides is 1. The second-order valence-electron chi connectivity index (χ2n) is 6.93. The van der Waals surface area contributed by atoms with Gasteiger partial charge in [0.2, 0.25) is 0 Å². The summed E-state index contributed by atoms with van der Waals surface area (Å²) in [6.45, 7) is 8.47. The molecule has 2 aromatic rings. The highest BCUT2D eigenvalue weighted by atomic mass is 35.5. The Kier molecular flexibility index (Phi) is 8.07. The van der Waals surface area contributed by atoms with Crippen LogP contribution in [0.4, 0.5) is 5.00 Å². The van der Waals surface area contributed by atoms with E-state index in [1.165, 1.54) is 18.4 Å². The van der Waals surface area contributed by atoms with E-state index < -0.39 is 5.97 Å². The Morgan fingerprint density at radius 3 is 2.52 bits per heavy atom. The van der Waals surface area contributed by atoms with Crippen molar-refractivity contribution in [2.45, 2.75) is 39.8 Å². The fourth-order valence-corrected chi connectivity index (χ4v) is 4.57. The number of esters is 1. The van der Waals surface area contributed by atoms with Crippen LogP contribution in [0, 0.1) is 0 Å². The SMILES string of the molecule is CCOc1ccc(C(=O)Nc2sc3c(c2C(=O)OC)CCN(C(C)C)C3)cc1.Cl. The minimum atomic E-state index is -0.405. The van der Waals surface area contributed by atoms with E-state index in [2.05, 4.69) is 24.1 Å². The first kappa shape index (κ1) is 23.2. The molecule has 2 heterocycles. The molecule has 0 fully saturated rings. The largest absolute Gasteiger partial charge is 0.494 e. The third-order valence-electron chi connectivity index (χ3n) is 4.86. The summed E-state index contributed by atoms with van der Waals surface area (Å²) in [6, 6.07) is 7.39. The smallest absolute Gasteiger partial charge is 0.341 e. The quantitative estimate of drug-likeness (QED) is 0.678. The molecule has 1 N–H and O–H groups in total. The number of carbonyl (C=O) groups excluding carboxylic acids is 2. The summed E-state index contributed by atoms with van der Waals surface area (Å²) in [5.74, 6) is 0.0552. The zero-order valence-corrected chi connectivity index (χ0v) is 18.7. The molecule has 8 heteroatoms. The van der Waals surface area contributed by atoms with E-state index in [4.69, 9.17) is 9.47 Å². The molecule has 0 radical (unpaired) electrons. The summed E-state index contributed by atoms with van der Waals surface area (Å²) in [6.07, 6.45) is 0.771. The first-order chi connectivity index (χ1) is 13.4. The van der Waals surface area contributed by atoms with E-state index in [1.807, 2.05) is 6.92 Å². The first-order valence-electron chi connectivity index (χ1n) is 9.45. The van der Waals surface area contributed by atoms with E-state index in [0.29, 0.717) is 28.8 Å². The van der Waals surface area contributed by atoms with Gasteiger partial charge in [-0.15, -0.1) is 23.7 Å². The minimum Gasteiger partial charge on any atom is -0.494 e. The number of benzene rings is 1. The van der Waals surface area contributed by atoms with E-state index in [1.54, 1.807) is 24.3 Å². The van der Waals surface area contributed by atoms with Gasteiger partial charge in [0.25, 0.3) is 5.91 Å². The highest BCUT2D eigenvalue weighted by Gasteiger charge is 2.30. The number of thiophene rings is 1. The number of anilines is 1. The second-order valence-corrected chi connectivity index (χ2v) is 8.03. The lowest BCUT2D eigenvalue weighted by Crippen LogP contribution is -2.35. The predicted octanol–water partition coefficient (Wildman–Crippen LogP) is 4.37. The van der Waals surface area contributed by atoms with Gasteiger partial charge >= 0.3 is 5.97 Å². The van der Waals surface area contributed by atoms with Crippen molar-refractivity contribution in [1.82, 2.24) is 4.90 Å². The molecule has 0 spiro atoms. The van der Waals surface area contributed by atoms with Crippen molar-refractivity contribution in [2.75, 3.05) is 25.6 Å². The number of rotatable bonds is 6. The number of nitrogens with one attached hydrogen (secondary N) is 1. The van der Waals surface area contributed by atoms with Gasteiger partial charge in [0.05, 0.1) is 19.3 Å². The van der Waals surface area contributed by atoms with Crippen LogP contribution in [0.25, 0.3) is 0 Å². The third kappa shape index (κ3) is 5.10. The van der Waals surface area contributed by atoms with E-state index in [-0.39, 0.29) is 18.3 Å². The maximum absolute atomic E-state index is 12.7. The molecule has 1 aliphatic rings. The number of carbonyl (C=O) groups is 2. The molecule has 0 aliphatic carbocycles. The Balaban J connectivity index is 0.00000300. The third-order valence-corrected chi connectivity index (χ3v) is 5.99. The zero-order chi connectivity index (χ0) is 20.3. The molecule has 3 rings (SSSR count). The summed E-state index contributed by atoms with van der Waals surface area (Å²) in [7, 11) is 1.37. The second kappa shape index (κ2) is 10.1. The Morgan fingerprint density at radius 2 is 1.93 bits per heavy atom. The summed E-state index contributed by atoms with van der Waals surface area (Å²) >= 11 is 1.46. The van der Waals surface area contributed by atoms with Crippen molar-refractivity contribution in [3.05, 3.63) is 45.8 Å². The number of hydrogen-bond acceptors (Lipinski definition) is 6. The van der Waals surface area contributed by atoms with Crippen molar-refractivity contribution >= 4 is 40.6 Å². The fraction of sp³-hybridized carbons (Fsp3) is 0.429. The molecular weight excluding hydrogens is 412 g/mol. The van der Waals surface area contributed by atoms with E-state index in [0.717, 1.165) is 35.7 Å². The van der Waals surface area contributed by atoms with Gasteiger partial charge < -0.3 is 14.8 Å². The van der Waals surface area contributed by atoms with Crippen LogP contribution < -0.4 is 10.1 Å². The normalized spacial score (nSPS) is 13.4. The number of nitrogens with zero attached hydrogens (tertiary/aromatic N) is 1. The van der Waals surface area contributed by atoms with Gasteiger partial charge in [-0.2, -0.15) is 0 Å². The van der Waals surface area contributed by atoms with Gasteiger partial charge in [0, 0.05) is 29.6 Å². The molecule has 0 saturated heterocycles. The van der Waals surface area contributed by atoms with Gasteiger partial charge in [-0.25, -0.2) is 4.79 Å². The maximum Gasteiger partial charge on any atom is 0.341 e. The minimum absolute atomic E-state index is 0. The molecule has 6 nitrogen and oxygen atoms in total. The van der Waals surface area contributed by atoms with Gasteiger partial charge in [-0.1, -0.05) is 0 Å². The molecule has 1 aromatic carbocycles. The lowest BCUT2D eigenvalue weighted by molar-refractivity contribution is 0.0600. The number of halogens is 1. The van der Waals surface area contributed by atoms with Crippen LogP contribution in [0.5, 0.6) is 5.75 Å². The predicted molar refractivity (Wildman–Crippen MR) is 118 cm³/mol. The molecule has 0 bridgehead atoms. The summed E-state index contributed by atoms with van der Waals surface area (Å²) in [4.78, 5) is 28.6. The number of hydrogen-bond donors (Lipinski definition) is 1. The first-order valence-corrected chi connectivity index (χ1v) is 10.3. The molecule has 1 amide bonds. The molecule has 0 atom stereocenters. The standard InChI is InChI=1S/C21H26N2O4S.ClH/c1-5-27-15-8-6-14(7-9-15)19(24)22-20-18(21(25)26-4)16-10-11-23(13(2)3)12-17(16)28-20;/h6-9,13H,5,10-12H2,1-4H3,(H,22,24);1H. The Bertz CT molecular complexity index is 864. The average molecular weight is 439 g/mol. The van der Waals surface area contributed by atoms with E-state index >= 15 is 0 Å². The van der Waals surface area contributed by atoms with Crippen molar-refractivity contribution in [1.29, 1.82) is 0 Å². The van der Waals surface area contributed by atoms with Crippen LogP contribution in [-0.4, -0.2) is 43.1 Å². The van der Waals surface area contributed by atoms with Crippen LogP contribution in [0.15, 0.2) is 24.3 Å². The number of ether oxygens (including phenoxy) is 2.